The van der Waals surface area contributed by atoms with Crippen LogP contribution in [-0.2, 0) is 16.0 Å². The summed E-state index contributed by atoms with van der Waals surface area (Å²) in [6.07, 6.45) is 3.89. The molecule has 3 fully saturated rings. The molecule has 0 saturated heterocycles. The number of hydrogen-bond acceptors (Lipinski definition) is 3. The lowest BCUT2D eigenvalue weighted by Crippen LogP contribution is -2.65. The molecule has 3 saturated carbocycles. The maximum atomic E-state index is 12.8. The Labute approximate surface area is 191 Å². The Balaban J connectivity index is 1.23. The van der Waals surface area contributed by atoms with E-state index in [4.69, 9.17) is 39.5 Å². The highest BCUT2D eigenvalue weighted by molar-refractivity contribution is 6.36. The average Bonchev–Trinajstić information content (AvgIpc) is 2.64. The zero-order valence-electron chi connectivity index (χ0n) is 16.8. The zero-order chi connectivity index (χ0) is 21.5. The molecule has 0 amide bonds. The van der Waals surface area contributed by atoms with E-state index in [-0.39, 0.29) is 29.0 Å². The van der Waals surface area contributed by atoms with Crippen LogP contribution < -0.4 is 4.74 Å². The monoisotopic (exact) mass is 464 g/mol. The lowest BCUT2D eigenvalue weighted by Gasteiger charge is -2.70. The van der Waals surface area contributed by atoms with Crippen LogP contribution in [0, 0.1) is 17.8 Å². The van der Waals surface area contributed by atoms with Crippen LogP contribution in [0.4, 0.5) is 0 Å². The molecule has 0 spiro atoms. The Morgan fingerprint density at radius 3 is 2.30 bits per heavy atom. The molecule has 5 rings (SSSR count). The fraction of sp³-hybridized carbons (Fsp3) is 0.417. The van der Waals surface area contributed by atoms with Crippen LogP contribution >= 0.6 is 34.8 Å². The summed E-state index contributed by atoms with van der Waals surface area (Å²) < 4.78 is 5.62. The maximum Gasteiger partial charge on any atom is 0.170 e. The van der Waals surface area contributed by atoms with Crippen molar-refractivity contribution < 1.29 is 14.3 Å². The molecular formula is C24H23Cl3O3. The summed E-state index contributed by atoms with van der Waals surface area (Å²) in [7, 11) is 0. The van der Waals surface area contributed by atoms with Gasteiger partial charge in [-0.15, -0.1) is 0 Å². The Kier molecular flexibility index (Phi) is 5.91. The number of ether oxygens (including phenoxy) is 1. The van der Waals surface area contributed by atoms with Gasteiger partial charge in [0.1, 0.15) is 18.1 Å². The second kappa shape index (κ2) is 8.18. The quantitative estimate of drug-likeness (QED) is 0.415. The third kappa shape index (κ3) is 4.12. The van der Waals surface area contributed by atoms with E-state index in [1.807, 2.05) is 13.0 Å². The Morgan fingerprint density at radius 2 is 1.67 bits per heavy atom. The van der Waals surface area contributed by atoms with E-state index in [1.165, 1.54) is 0 Å². The summed E-state index contributed by atoms with van der Waals surface area (Å²) in [4.78, 5) is 25.2. The number of hydrogen-bond donors (Lipinski definition) is 0. The summed E-state index contributed by atoms with van der Waals surface area (Å²) in [6, 6.07) is 10.8. The first-order chi connectivity index (χ1) is 14.2. The molecule has 0 unspecified atom stereocenters. The van der Waals surface area contributed by atoms with Gasteiger partial charge in [0.2, 0.25) is 0 Å². The summed E-state index contributed by atoms with van der Waals surface area (Å²) in [6.45, 7) is 1.95. The van der Waals surface area contributed by atoms with Gasteiger partial charge in [0, 0.05) is 33.3 Å². The van der Waals surface area contributed by atoms with Gasteiger partial charge in [-0.1, -0.05) is 40.9 Å². The molecule has 0 N–H and O–H groups in total. The lowest BCUT2D eigenvalue weighted by molar-refractivity contribution is -0.208. The molecule has 0 heterocycles. The van der Waals surface area contributed by atoms with Crippen molar-refractivity contribution in [3.63, 3.8) is 0 Å². The fourth-order valence-corrected chi connectivity index (χ4v) is 5.80. The first-order valence-corrected chi connectivity index (χ1v) is 11.2. The zero-order valence-corrected chi connectivity index (χ0v) is 19.0. The first-order valence-electron chi connectivity index (χ1n) is 10.1. The van der Waals surface area contributed by atoms with E-state index >= 15 is 0 Å². The highest BCUT2D eigenvalue weighted by Crippen LogP contribution is 2.75. The number of ketones is 2. The minimum absolute atomic E-state index is 0.00590. The highest BCUT2D eigenvalue weighted by Gasteiger charge is 2.70. The van der Waals surface area contributed by atoms with E-state index in [2.05, 4.69) is 0 Å². The first kappa shape index (κ1) is 21.7. The number of carbonyl (C=O) groups excluding carboxylic acids is 2. The molecule has 6 heteroatoms. The minimum Gasteiger partial charge on any atom is -0.486 e. The van der Waals surface area contributed by atoms with Gasteiger partial charge < -0.3 is 4.74 Å². The number of benzene rings is 2. The molecule has 2 aromatic carbocycles. The predicted octanol–water partition coefficient (Wildman–Crippen LogP) is 6.67. The number of halogens is 3. The minimum atomic E-state index is -0.234. The summed E-state index contributed by atoms with van der Waals surface area (Å²) >= 11 is 18.4. The van der Waals surface area contributed by atoms with E-state index in [0.717, 1.165) is 30.4 Å². The molecule has 158 valence electrons. The molecule has 0 atom stereocenters. The summed E-state index contributed by atoms with van der Waals surface area (Å²) in [5.74, 6) is 0.986. The van der Waals surface area contributed by atoms with Crippen molar-refractivity contribution in [3.05, 3.63) is 62.6 Å². The van der Waals surface area contributed by atoms with Gasteiger partial charge in [-0.2, -0.15) is 0 Å². The number of carbonyl (C=O) groups is 2. The second-order valence-electron chi connectivity index (χ2n) is 8.85. The van der Waals surface area contributed by atoms with E-state index in [9.17, 15) is 9.59 Å². The molecule has 3 aliphatic rings. The largest absolute Gasteiger partial charge is 0.486 e. The molecular weight excluding hydrogens is 443 g/mol. The van der Waals surface area contributed by atoms with Crippen LogP contribution in [0.2, 0.25) is 15.1 Å². The molecule has 2 aromatic rings. The van der Waals surface area contributed by atoms with Crippen molar-refractivity contribution in [1.82, 2.24) is 0 Å². The van der Waals surface area contributed by atoms with Gasteiger partial charge in [-0.3, -0.25) is 9.59 Å². The Morgan fingerprint density at radius 1 is 1.00 bits per heavy atom. The fourth-order valence-electron chi connectivity index (χ4n) is 5.10. The lowest BCUT2D eigenvalue weighted by atomic mass is 9.33. The smallest absolute Gasteiger partial charge is 0.170 e. The normalized spacial score (nSPS) is 24.0. The molecule has 0 aliphatic heterocycles. The maximum absolute atomic E-state index is 12.8. The van der Waals surface area contributed by atoms with Gasteiger partial charge in [-0.25, -0.2) is 0 Å². The van der Waals surface area contributed by atoms with Gasteiger partial charge in [0.25, 0.3) is 0 Å². The molecule has 3 nitrogen and oxygen atoms in total. The van der Waals surface area contributed by atoms with Crippen molar-refractivity contribution in [2.24, 2.45) is 10.8 Å². The summed E-state index contributed by atoms with van der Waals surface area (Å²) in [5, 5.41) is 1.88. The van der Waals surface area contributed by atoms with Crippen molar-refractivity contribution in [2.45, 2.75) is 45.4 Å². The van der Waals surface area contributed by atoms with Crippen LogP contribution in [0.25, 0.3) is 0 Å². The van der Waals surface area contributed by atoms with Gasteiger partial charge >= 0.3 is 0 Å². The topological polar surface area (TPSA) is 43.4 Å². The van der Waals surface area contributed by atoms with Crippen LogP contribution in [0.1, 0.15) is 43.2 Å². The van der Waals surface area contributed by atoms with Crippen molar-refractivity contribution >= 4 is 46.4 Å². The molecule has 0 radical (unpaired) electrons. The van der Waals surface area contributed by atoms with Crippen LogP contribution in [0.3, 0.4) is 0 Å². The Bertz CT molecular complexity index is 975. The second-order valence-corrected chi connectivity index (χ2v) is 10.1. The van der Waals surface area contributed by atoms with E-state index in [0.29, 0.717) is 40.1 Å². The van der Waals surface area contributed by atoms with Crippen molar-refractivity contribution in [3.8, 4) is 5.75 Å². The van der Waals surface area contributed by atoms with Gasteiger partial charge in [0.05, 0.1) is 0 Å². The standard InChI is InChI=1S/C24H23Cl3O3/c1-15-9-17(5-7-19(15)25)30-11-16(28)10-23-12-24(13-23,14-23)22(29)8-6-18-20(26)3-2-4-21(18)27/h2-5,7,9H,6,8,10-14H2,1H3. The van der Waals surface area contributed by atoms with E-state index < -0.39 is 0 Å². The average molecular weight is 466 g/mol. The molecule has 2 bridgehead atoms. The Hall–Kier alpha value is -1.55. The molecule has 30 heavy (non-hydrogen) atoms. The van der Waals surface area contributed by atoms with Crippen molar-refractivity contribution in [2.75, 3.05) is 6.61 Å². The van der Waals surface area contributed by atoms with Gasteiger partial charge in [0.15, 0.2) is 5.78 Å². The predicted molar refractivity (Wildman–Crippen MR) is 120 cm³/mol. The number of rotatable bonds is 9. The summed E-state index contributed by atoms with van der Waals surface area (Å²) in [5.41, 5.74) is 1.51. The van der Waals surface area contributed by atoms with E-state index in [1.54, 1.807) is 30.3 Å². The number of aryl methyl sites for hydroxylation is 1. The highest BCUT2D eigenvalue weighted by atomic mass is 35.5. The van der Waals surface area contributed by atoms with Crippen molar-refractivity contribution in [1.29, 1.82) is 0 Å². The third-order valence-corrected chi connectivity index (χ3v) is 7.63. The number of Topliss-reactive ketones (excluding diaryl/α,β-unsaturated/α-hetero) is 2. The van der Waals surface area contributed by atoms with Crippen LogP contribution in [0.5, 0.6) is 5.75 Å². The van der Waals surface area contributed by atoms with Crippen LogP contribution in [0.15, 0.2) is 36.4 Å². The SMILES string of the molecule is Cc1cc(OCC(=O)CC23CC(C(=O)CCc4c(Cl)cccc4Cl)(C2)C3)ccc1Cl. The molecule has 0 aromatic heterocycles. The molecule has 3 aliphatic carbocycles. The van der Waals surface area contributed by atoms with Gasteiger partial charge in [-0.05, 0) is 79.5 Å². The third-order valence-electron chi connectivity index (χ3n) is 6.50. The van der Waals surface area contributed by atoms with Crippen LogP contribution in [-0.4, -0.2) is 18.2 Å².